The van der Waals surface area contributed by atoms with Crippen molar-refractivity contribution in [2.75, 3.05) is 19.8 Å². The first-order chi connectivity index (χ1) is 14.1. The molecule has 1 aliphatic rings. The summed E-state index contributed by atoms with van der Waals surface area (Å²) in [6, 6.07) is 13.8. The minimum Gasteiger partial charge on any atom is -0.546 e. The first-order valence-corrected chi connectivity index (χ1v) is 13.9. The topological polar surface area (TPSA) is 27.7 Å². The van der Waals surface area contributed by atoms with E-state index in [0.717, 1.165) is 49.6 Å². The van der Waals surface area contributed by atoms with Crippen molar-refractivity contribution >= 4 is 8.32 Å². The molecule has 0 spiro atoms. The molecule has 0 aliphatic heterocycles. The maximum Gasteiger partial charge on any atom is 0.250 e. The molecule has 1 aliphatic carbocycles. The fourth-order valence-electron chi connectivity index (χ4n) is 4.16. The van der Waals surface area contributed by atoms with Crippen molar-refractivity contribution in [1.29, 1.82) is 0 Å². The van der Waals surface area contributed by atoms with E-state index in [1.165, 1.54) is 16.9 Å². The van der Waals surface area contributed by atoms with E-state index in [9.17, 15) is 0 Å². The number of benzene rings is 1. The molecule has 0 amide bonds. The highest BCUT2D eigenvalue weighted by Gasteiger charge is 2.35. The average molecular weight is 417 g/mol. The van der Waals surface area contributed by atoms with Crippen LogP contribution in [0.5, 0.6) is 0 Å². The highest BCUT2D eigenvalue weighted by atomic mass is 28.4. The Morgan fingerprint density at radius 2 is 1.69 bits per heavy atom. The molecule has 0 unspecified atom stereocenters. The van der Waals surface area contributed by atoms with Crippen molar-refractivity contribution in [2.45, 2.75) is 71.7 Å². The Balaban J connectivity index is 2.11. The number of hydrogen-bond donors (Lipinski definition) is 0. The second-order valence-corrected chi connectivity index (χ2v) is 12.7. The predicted octanol–water partition coefficient (Wildman–Crippen LogP) is 6.87. The molecule has 1 aromatic carbocycles. The maximum atomic E-state index is 6.85. The number of hydrogen-bond acceptors (Lipinski definition) is 3. The molecule has 162 valence electrons. The number of ether oxygens (including phenoxy) is 2. The molecule has 3 nitrogen and oxygen atoms in total. The Kier molecular flexibility index (Phi) is 10.2. The molecular formula is C25H40O3Si. The molecule has 29 heavy (non-hydrogen) atoms. The molecule has 0 radical (unpaired) electrons. The minimum atomic E-state index is -1.69. The van der Waals surface area contributed by atoms with Crippen LogP contribution < -0.4 is 0 Å². The Bertz CT molecular complexity index is 641. The van der Waals surface area contributed by atoms with Crippen LogP contribution in [0.2, 0.25) is 18.1 Å². The van der Waals surface area contributed by atoms with Gasteiger partial charge in [0.25, 0.3) is 0 Å². The average Bonchev–Trinajstić information content (AvgIpc) is 2.77. The van der Waals surface area contributed by atoms with Crippen molar-refractivity contribution in [3.8, 4) is 0 Å². The van der Waals surface area contributed by atoms with E-state index in [1.807, 2.05) is 18.2 Å². The highest BCUT2D eigenvalue weighted by Crippen LogP contribution is 2.38. The first kappa shape index (κ1) is 23.9. The van der Waals surface area contributed by atoms with Crippen molar-refractivity contribution in [2.24, 2.45) is 5.92 Å². The van der Waals surface area contributed by atoms with Gasteiger partial charge in [-0.1, -0.05) is 57.7 Å². The quantitative estimate of drug-likeness (QED) is 0.259. The van der Waals surface area contributed by atoms with E-state index in [1.54, 1.807) is 0 Å². The summed E-state index contributed by atoms with van der Waals surface area (Å²) in [5.74, 6) is 1.51. The summed E-state index contributed by atoms with van der Waals surface area (Å²) in [5.41, 5.74) is 3.66. The molecule has 0 fully saturated rings. The van der Waals surface area contributed by atoms with E-state index in [4.69, 9.17) is 13.9 Å². The molecular weight excluding hydrogens is 376 g/mol. The summed E-state index contributed by atoms with van der Waals surface area (Å²) in [6.45, 7) is 15.9. The van der Waals surface area contributed by atoms with Crippen LogP contribution in [0, 0.1) is 5.92 Å². The van der Waals surface area contributed by atoms with Gasteiger partial charge in [-0.05, 0) is 54.6 Å². The number of allylic oxidation sites excluding steroid dienone is 1. The molecule has 0 saturated carbocycles. The van der Waals surface area contributed by atoms with Gasteiger partial charge in [0.1, 0.15) is 0 Å². The summed E-state index contributed by atoms with van der Waals surface area (Å²) >= 11 is 0. The van der Waals surface area contributed by atoms with Crippen LogP contribution in [0.15, 0.2) is 53.8 Å². The third-order valence-electron chi connectivity index (χ3n) is 6.30. The SMILES string of the molecule is C=C(COCc1ccccc1)[C@H]1CCCC(O[Si](CC)(CC)CC)=C1COCC. The minimum absolute atomic E-state index is 0.304. The van der Waals surface area contributed by atoms with Crippen molar-refractivity contribution in [3.05, 3.63) is 59.4 Å². The standard InChI is InChI=1S/C25H40O3Si/c1-6-26-20-24-23(21(5)18-27-19-22-14-11-10-12-15-22)16-13-17-25(24)28-29(7-2,8-3)9-4/h10-12,14-15,23H,5-9,13,16-20H2,1-4H3/t23-/m1/s1. The lowest BCUT2D eigenvalue weighted by molar-refractivity contribution is 0.130. The van der Waals surface area contributed by atoms with Gasteiger partial charge >= 0.3 is 0 Å². The summed E-state index contributed by atoms with van der Waals surface area (Å²) in [6.07, 6.45) is 3.29. The zero-order valence-electron chi connectivity index (χ0n) is 19.0. The van der Waals surface area contributed by atoms with E-state index < -0.39 is 8.32 Å². The summed E-state index contributed by atoms with van der Waals surface area (Å²) < 4.78 is 18.7. The number of rotatable bonds is 13. The lowest BCUT2D eigenvalue weighted by Gasteiger charge is -2.36. The second kappa shape index (κ2) is 12.4. The van der Waals surface area contributed by atoms with Crippen molar-refractivity contribution in [1.82, 2.24) is 0 Å². The second-order valence-electron chi connectivity index (χ2n) is 8.01. The lowest BCUT2D eigenvalue weighted by Crippen LogP contribution is -2.37. The predicted molar refractivity (Wildman–Crippen MR) is 124 cm³/mol. The zero-order chi connectivity index (χ0) is 21.1. The van der Waals surface area contributed by atoms with Crippen LogP contribution in [0.1, 0.15) is 52.5 Å². The molecule has 0 aromatic heterocycles. The Morgan fingerprint density at radius 1 is 1.00 bits per heavy atom. The van der Waals surface area contributed by atoms with Gasteiger partial charge in [0.2, 0.25) is 8.32 Å². The van der Waals surface area contributed by atoms with Gasteiger partial charge in [0.05, 0.1) is 25.6 Å². The van der Waals surface area contributed by atoms with Gasteiger partial charge < -0.3 is 13.9 Å². The summed E-state index contributed by atoms with van der Waals surface area (Å²) in [5, 5.41) is 0. The smallest absolute Gasteiger partial charge is 0.250 e. The molecule has 0 bridgehead atoms. The van der Waals surface area contributed by atoms with Gasteiger partial charge in [-0.25, -0.2) is 0 Å². The van der Waals surface area contributed by atoms with E-state index >= 15 is 0 Å². The largest absolute Gasteiger partial charge is 0.546 e. The van der Waals surface area contributed by atoms with E-state index in [0.29, 0.717) is 25.7 Å². The monoisotopic (exact) mass is 416 g/mol. The molecule has 0 N–H and O–H groups in total. The van der Waals surface area contributed by atoms with Gasteiger partial charge in [-0.2, -0.15) is 0 Å². The fraction of sp³-hybridized carbons (Fsp3) is 0.600. The van der Waals surface area contributed by atoms with Gasteiger partial charge in [-0.15, -0.1) is 0 Å². The van der Waals surface area contributed by atoms with Gasteiger partial charge in [0, 0.05) is 18.9 Å². The highest BCUT2D eigenvalue weighted by molar-refractivity contribution is 6.73. The normalized spacial score (nSPS) is 17.4. The zero-order valence-corrected chi connectivity index (χ0v) is 20.0. The first-order valence-electron chi connectivity index (χ1n) is 11.4. The van der Waals surface area contributed by atoms with Crippen LogP contribution >= 0.6 is 0 Å². The maximum absolute atomic E-state index is 6.85. The Morgan fingerprint density at radius 3 is 2.31 bits per heavy atom. The van der Waals surface area contributed by atoms with Crippen LogP contribution in [-0.2, 0) is 20.5 Å². The molecule has 0 saturated heterocycles. The van der Waals surface area contributed by atoms with Crippen molar-refractivity contribution < 1.29 is 13.9 Å². The third kappa shape index (κ3) is 6.83. The fourth-order valence-corrected chi connectivity index (χ4v) is 6.85. The van der Waals surface area contributed by atoms with Crippen LogP contribution in [-0.4, -0.2) is 28.1 Å². The Hall–Kier alpha value is -1.36. The molecule has 4 heteroatoms. The van der Waals surface area contributed by atoms with Crippen LogP contribution in [0.4, 0.5) is 0 Å². The lowest BCUT2D eigenvalue weighted by atomic mass is 9.82. The molecule has 0 heterocycles. The van der Waals surface area contributed by atoms with Gasteiger partial charge in [0.15, 0.2) is 0 Å². The van der Waals surface area contributed by atoms with E-state index in [2.05, 4.69) is 46.4 Å². The Labute approximate surface area is 179 Å². The van der Waals surface area contributed by atoms with Crippen LogP contribution in [0.25, 0.3) is 0 Å². The van der Waals surface area contributed by atoms with Gasteiger partial charge in [-0.3, -0.25) is 0 Å². The van der Waals surface area contributed by atoms with Crippen molar-refractivity contribution in [3.63, 3.8) is 0 Å². The summed E-state index contributed by atoms with van der Waals surface area (Å²) in [7, 11) is -1.69. The van der Waals surface area contributed by atoms with Crippen LogP contribution in [0.3, 0.4) is 0 Å². The molecule has 1 aromatic rings. The third-order valence-corrected chi connectivity index (χ3v) is 10.8. The summed E-state index contributed by atoms with van der Waals surface area (Å²) in [4.78, 5) is 0. The van der Waals surface area contributed by atoms with E-state index in [-0.39, 0.29) is 0 Å². The molecule has 1 atom stereocenters. The molecule has 2 rings (SSSR count).